The lowest BCUT2D eigenvalue weighted by Crippen LogP contribution is -2.21. The van der Waals surface area contributed by atoms with E-state index in [0.717, 1.165) is 50.7 Å². The minimum absolute atomic E-state index is 0.530. The monoisotopic (exact) mass is 261 g/mol. The van der Waals surface area contributed by atoms with Crippen LogP contribution in [0.2, 0.25) is 0 Å². The van der Waals surface area contributed by atoms with Crippen LogP contribution in [-0.2, 0) is 4.74 Å². The third kappa shape index (κ3) is 3.38. The molecular weight excluding hydrogens is 238 g/mol. The topological polar surface area (TPSA) is 37.4 Å². The van der Waals surface area contributed by atoms with Gasteiger partial charge in [-0.05, 0) is 44.2 Å². The maximum Gasteiger partial charge on any atom is 0.128 e. The molecule has 1 aromatic rings. The van der Waals surface area contributed by atoms with Gasteiger partial charge >= 0.3 is 0 Å². The second kappa shape index (κ2) is 6.24. The Kier molecular flexibility index (Phi) is 4.18. The van der Waals surface area contributed by atoms with Crippen LogP contribution >= 0.6 is 0 Å². The zero-order chi connectivity index (χ0) is 12.9. The van der Waals surface area contributed by atoms with E-state index in [1.807, 2.05) is 6.20 Å². The lowest BCUT2D eigenvalue weighted by atomic mass is 10.1. The highest BCUT2D eigenvalue weighted by Gasteiger charge is 2.14. The quantitative estimate of drug-likeness (QED) is 0.907. The van der Waals surface area contributed by atoms with E-state index in [9.17, 15) is 0 Å². The summed E-state index contributed by atoms with van der Waals surface area (Å²) in [4.78, 5) is 6.95. The fourth-order valence-corrected chi connectivity index (χ4v) is 2.89. The number of ether oxygens (including phenoxy) is 1. The Hall–Kier alpha value is -1.29. The maximum absolute atomic E-state index is 5.49. The summed E-state index contributed by atoms with van der Waals surface area (Å²) in [5, 5.41) is 3.58. The first-order valence-electron chi connectivity index (χ1n) is 7.47. The Bertz CT molecular complexity index is 379. The minimum Gasteiger partial charge on any atom is -0.381 e. The summed E-state index contributed by atoms with van der Waals surface area (Å²) < 4.78 is 5.49. The Morgan fingerprint density at radius 3 is 2.79 bits per heavy atom. The molecule has 1 N–H and O–H groups in total. The molecule has 1 atom stereocenters. The maximum atomic E-state index is 5.49. The lowest BCUT2D eigenvalue weighted by Gasteiger charge is -2.19. The van der Waals surface area contributed by atoms with Gasteiger partial charge in [0.1, 0.15) is 5.82 Å². The van der Waals surface area contributed by atoms with E-state index in [2.05, 4.69) is 27.3 Å². The van der Waals surface area contributed by atoms with Gasteiger partial charge in [0.2, 0.25) is 0 Å². The van der Waals surface area contributed by atoms with Gasteiger partial charge in [0.05, 0.1) is 11.9 Å². The Morgan fingerprint density at radius 2 is 2.00 bits per heavy atom. The predicted octanol–water partition coefficient (Wildman–Crippen LogP) is 2.66. The lowest BCUT2D eigenvalue weighted by molar-refractivity contribution is 0.144. The van der Waals surface area contributed by atoms with Crippen molar-refractivity contribution in [3.8, 4) is 0 Å². The summed E-state index contributed by atoms with van der Waals surface area (Å²) in [5.41, 5.74) is 1.13. The predicted molar refractivity (Wildman–Crippen MR) is 77.8 cm³/mol. The number of nitrogens with one attached hydrogen (secondary N) is 1. The van der Waals surface area contributed by atoms with E-state index in [0.29, 0.717) is 6.04 Å². The molecule has 0 amide bonds. The van der Waals surface area contributed by atoms with Gasteiger partial charge in [-0.25, -0.2) is 4.98 Å². The molecule has 2 saturated heterocycles. The molecule has 0 radical (unpaired) electrons. The van der Waals surface area contributed by atoms with Crippen LogP contribution < -0.4 is 10.2 Å². The standard InChI is InChI=1S/C15H23N3O/c1-2-9-18(8-1)15-6-5-14(12-16-15)17-13-4-3-10-19-11-7-13/h5-6,12-13,17H,1-4,7-11H2. The molecule has 104 valence electrons. The molecule has 0 saturated carbocycles. The van der Waals surface area contributed by atoms with Gasteiger partial charge in [-0.15, -0.1) is 0 Å². The molecule has 0 spiro atoms. The molecule has 3 heterocycles. The van der Waals surface area contributed by atoms with E-state index in [1.54, 1.807) is 0 Å². The smallest absolute Gasteiger partial charge is 0.128 e. The zero-order valence-electron chi connectivity index (χ0n) is 11.5. The molecule has 0 aliphatic carbocycles. The molecule has 19 heavy (non-hydrogen) atoms. The fourth-order valence-electron chi connectivity index (χ4n) is 2.89. The molecule has 2 aliphatic rings. The number of pyridine rings is 1. The summed E-state index contributed by atoms with van der Waals surface area (Å²) in [7, 11) is 0. The van der Waals surface area contributed by atoms with Crippen LogP contribution in [0.5, 0.6) is 0 Å². The average molecular weight is 261 g/mol. The van der Waals surface area contributed by atoms with E-state index in [4.69, 9.17) is 4.74 Å². The first-order valence-corrected chi connectivity index (χ1v) is 7.47. The minimum atomic E-state index is 0.530. The molecule has 2 aliphatic heterocycles. The SMILES string of the molecule is c1cc(N2CCCC2)ncc1NC1CCCOCC1. The number of anilines is 2. The molecule has 4 heteroatoms. The van der Waals surface area contributed by atoms with Gasteiger partial charge in [-0.2, -0.15) is 0 Å². The van der Waals surface area contributed by atoms with Gasteiger partial charge in [0.15, 0.2) is 0 Å². The molecule has 2 fully saturated rings. The summed E-state index contributed by atoms with van der Waals surface area (Å²) in [6.45, 7) is 4.08. The molecule has 0 aromatic carbocycles. The second-order valence-corrected chi connectivity index (χ2v) is 5.48. The van der Waals surface area contributed by atoms with E-state index in [-0.39, 0.29) is 0 Å². The van der Waals surface area contributed by atoms with Crippen molar-refractivity contribution in [1.29, 1.82) is 0 Å². The molecule has 3 rings (SSSR count). The second-order valence-electron chi connectivity index (χ2n) is 5.48. The first kappa shape index (κ1) is 12.7. The van der Waals surface area contributed by atoms with E-state index in [1.165, 1.54) is 19.3 Å². The van der Waals surface area contributed by atoms with Crippen LogP contribution in [0.4, 0.5) is 11.5 Å². The van der Waals surface area contributed by atoms with Crippen molar-refractivity contribution >= 4 is 11.5 Å². The van der Waals surface area contributed by atoms with Crippen LogP contribution in [0.25, 0.3) is 0 Å². The largest absolute Gasteiger partial charge is 0.381 e. The Balaban J connectivity index is 1.58. The van der Waals surface area contributed by atoms with Gasteiger partial charge in [0.25, 0.3) is 0 Å². The van der Waals surface area contributed by atoms with Crippen molar-refractivity contribution in [3.05, 3.63) is 18.3 Å². The van der Waals surface area contributed by atoms with E-state index < -0.39 is 0 Å². The molecular formula is C15H23N3O. The highest BCUT2D eigenvalue weighted by atomic mass is 16.5. The third-order valence-corrected chi connectivity index (χ3v) is 4.00. The van der Waals surface area contributed by atoms with Crippen molar-refractivity contribution in [1.82, 2.24) is 4.98 Å². The van der Waals surface area contributed by atoms with Crippen molar-refractivity contribution < 1.29 is 4.74 Å². The summed E-state index contributed by atoms with van der Waals surface area (Å²) in [5.74, 6) is 1.12. The molecule has 1 aromatic heterocycles. The Labute approximate surface area is 115 Å². The molecule has 1 unspecified atom stereocenters. The number of rotatable bonds is 3. The van der Waals surface area contributed by atoms with Crippen LogP contribution in [0, 0.1) is 0 Å². The molecule has 4 nitrogen and oxygen atoms in total. The average Bonchev–Trinajstić information content (AvgIpc) is 2.86. The van der Waals surface area contributed by atoms with Gasteiger partial charge < -0.3 is 15.0 Å². The van der Waals surface area contributed by atoms with Crippen LogP contribution in [0.1, 0.15) is 32.1 Å². The van der Waals surface area contributed by atoms with Crippen LogP contribution in [0.15, 0.2) is 18.3 Å². The zero-order valence-corrected chi connectivity index (χ0v) is 11.5. The van der Waals surface area contributed by atoms with Crippen molar-refractivity contribution in [2.75, 3.05) is 36.5 Å². The summed E-state index contributed by atoms with van der Waals surface area (Å²) in [6.07, 6.45) is 7.99. The first-order chi connectivity index (χ1) is 9.42. The number of hydrogen-bond acceptors (Lipinski definition) is 4. The highest BCUT2D eigenvalue weighted by Crippen LogP contribution is 2.20. The van der Waals surface area contributed by atoms with Crippen molar-refractivity contribution in [2.24, 2.45) is 0 Å². The van der Waals surface area contributed by atoms with Crippen molar-refractivity contribution in [3.63, 3.8) is 0 Å². The number of aromatic nitrogens is 1. The van der Waals surface area contributed by atoms with Gasteiger partial charge in [-0.1, -0.05) is 0 Å². The van der Waals surface area contributed by atoms with Gasteiger partial charge in [-0.3, -0.25) is 0 Å². The number of hydrogen-bond donors (Lipinski definition) is 1. The fraction of sp³-hybridized carbons (Fsp3) is 0.667. The van der Waals surface area contributed by atoms with Crippen molar-refractivity contribution in [2.45, 2.75) is 38.1 Å². The summed E-state index contributed by atoms with van der Waals surface area (Å²) >= 11 is 0. The highest BCUT2D eigenvalue weighted by molar-refractivity contribution is 5.49. The van der Waals surface area contributed by atoms with Gasteiger partial charge in [0, 0.05) is 32.3 Å². The number of nitrogens with zero attached hydrogens (tertiary/aromatic N) is 2. The van der Waals surface area contributed by atoms with E-state index >= 15 is 0 Å². The summed E-state index contributed by atoms with van der Waals surface area (Å²) in [6, 6.07) is 4.83. The van der Waals surface area contributed by atoms with Crippen LogP contribution in [-0.4, -0.2) is 37.3 Å². The molecule has 0 bridgehead atoms. The third-order valence-electron chi connectivity index (χ3n) is 4.00. The normalized spacial score (nSPS) is 24.2. The Morgan fingerprint density at radius 1 is 1.11 bits per heavy atom. The van der Waals surface area contributed by atoms with Crippen LogP contribution in [0.3, 0.4) is 0 Å².